The summed E-state index contributed by atoms with van der Waals surface area (Å²) in [6.07, 6.45) is 11.4. The first-order valence-electron chi connectivity index (χ1n) is 6.98. The lowest BCUT2D eigenvalue weighted by atomic mass is 9.95. The predicted octanol–water partition coefficient (Wildman–Crippen LogP) is 4.18. The quantitative estimate of drug-likeness (QED) is 0.631. The summed E-state index contributed by atoms with van der Waals surface area (Å²) in [5, 5.41) is 7.39. The van der Waals surface area contributed by atoms with E-state index < -0.39 is 0 Å². The highest BCUT2D eigenvalue weighted by molar-refractivity contribution is 7.71. The molecule has 1 fully saturated rings. The van der Waals surface area contributed by atoms with Gasteiger partial charge in [0.25, 0.3) is 0 Å². The Balaban J connectivity index is 2.08. The number of H-pyrrole nitrogens is 1. The smallest absolute Gasteiger partial charge is 0.195 e. The van der Waals surface area contributed by atoms with Crippen LogP contribution in [0.5, 0.6) is 0 Å². The highest BCUT2D eigenvalue weighted by Crippen LogP contribution is 2.29. The Kier molecular flexibility index (Phi) is 4.77. The van der Waals surface area contributed by atoms with Gasteiger partial charge in [-0.15, -0.1) is 0 Å². The van der Waals surface area contributed by atoms with E-state index in [4.69, 9.17) is 12.2 Å². The third kappa shape index (κ3) is 3.18. The second kappa shape index (κ2) is 6.34. The Morgan fingerprint density at radius 2 is 2.06 bits per heavy atom. The number of nitrogens with one attached hydrogen (secondary N) is 1. The molecule has 0 spiro atoms. The van der Waals surface area contributed by atoms with Crippen LogP contribution in [0.2, 0.25) is 0 Å². The SMILES string of the molecule is CCCCCc1n[nH]c(=S)n1C1CCCCC1. The van der Waals surface area contributed by atoms with Crippen LogP contribution in [0.1, 0.15) is 70.2 Å². The number of hydrogen-bond acceptors (Lipinski definition) is 2. The summed E-state index contributed by atoms with van der Waals surface area (Å²) in [5.74, 6) is 1.18. The average Bonchev–Trinajstić information content (AvgIpc) is 2.72. The van der Waals surface area contributed by atoms with Gasteiger partial charge in [0, 0.05) is 12.5 Å². The fourth-order valence-corrected chi connectivity index (χ4v) is 3.06. The van der Waals surface area contributed by atoms with Gasteiger partial charge in [-0.1, -0.05) is 39.0 Å². The zero-order chi connectivity index (χ0) is 12.1. The normalized spacial score (nSPS) is 17.5. The molecule has 0 bridgehead atoms. The van der Waals surface area contributed by atoms with Crippen LogP contribution < -0.4 is 0 Å². The molecule has 3 nitrogen and oxygen atoms in total. The van der Waals surface area contributed by atoms with E-state index in [-0.39, 0.29) is 0 Å². The second-order valence-electron chi connectivity index (χ2n) is 5.06. The lowest BCUT2D eigenvalue weighted by Crippen LogP contribution is -2.15. The summed E-state index contributed by atoms with van der Waals surface area (Å²) in [7, 11) is 0. The van der Waals surface area contributed by atoms with Gasteiger partial charge in [0.15, 0.2) is 4.77 Å². The number of aryl methyl sites for hydroxylation is 1. The monoisotopic (exact) mass is 253 g/mol. The van der Waals surface area contributed by atoms with Crippen LogP contribution in [0.4, 0.5) is 0 Å². The third-order valence-electron chi connectivity index (χ3n) is 3.72. The van der Waals surface area contributed by atoms with Gasteiger partial charge in [-0.25, -0.2) is 0 Å². The van der Waals surface area contributed by atoms with Crippen molar-refractivity contribution >= 4 is 12.2 Å². The number of aromatic nitrogens is 3. The van der Waals surface area contributed by atoms with Crippen molar-refractivity contribution in [2.45, 2.75) is 70.8 Å². The van der Waals surface area contributed by atoms with Crippen LogP contribution in [0.3, 0.4) is 0 Å². The molecule has 1 saturated carbocycles. The highest BCUT2D eigenvalue weighted by atomic mass is 32.1. The standard InChI is InChI=1S/C13H23N3S/c1-2-3-5-10-12-14-15-13(17)16(12)11-8-6-4-7-9-11/h11H,2-10H2,1H3,(H,15,17). The zero-order valence-corrected chi connectivity index (χ0v) is 11.6. The van der Waals surface area contributed by atoms with E-state index in [9.17, 15) is 0 Å². The lowest BCUT2D eigenvalue weighted by Gasteiger charge is -2.24. The minimum absolute atomic E-state index is 0.603. The van der Waals surface area contributed by atoms with E-state index in [1.807, 2.05) is 0 Å². The molecule has 0 atom stereocenters. The molecule has 1 heterocycles. The first kappa shape index (κ1) is 12.8. The maximum Gasteiger partial charge on any atom is 0.195 e. The minimum Gasteiger partial charge on any atom is -0.301 e. The minimum atomic E-state index is 0.603. The number of rotatable bonds is 5. The van der Waals surface area contributed by atoms with Crippen molar-refractivity contribution in [3.63, 3.8) is 0 Å². The maximum atomic E-state index is 5.38. The van der Waals surface area contributed by atoms with Crippen molar-refractivity contribution < 1.29 is 0 Å². The van der Waals surface area contributed by atoms with E-state index in [1.54, 1.807) is 0 Å². The van der Waals surface area contributed by atoms with Crippen LogP contribution in [0, 0.1) is 4.77 Å². The van der Waals surface area contributed by atoms with Crippen LogP contribution in [0.25, 0.3) is 0 Å². The molecule has 1 aliphatic carbocycles. The Morgan fingerprint density at radius 3 is 2.76 bits per heavy atom. The Hall–Kier alpha value is -0.640. The topological polar surface area (TPSA) is 33.6 Å². The van der Waals surface area contributed by atoms with Crippen molar-refractivity contribution in [2.24, 2.45) is 0 Å². The number of nitrogens with zero attached hydrogens (tertiary/aromatic N) is 2. The van der Waals surface area contributed by atoms with Gasteiger partial charge in [0.05, 0.1) is 0 Å². The third-order valence-corrected chi connectivity index (χ3v) is 4.01. The molecule has 1 N–H and O–H groups in total. The highest BCUT2D eigenvalue weighted by Gasteiger charge is 2.19. The molecule has 2 rings (SSSR count). The Bertz CT molecular complexity index is 388. The molecule has 1 aromatic rings. The van der Waals surface area contributed by atoms with Crippen LogP contribution in [-0.2, 0) is 6.42 Å². The first-order chi connectivity index (χ1) is 8.33. The van der Waals surface area contributed by atoms with Crippen molar-refractivity contribution in [3.05, 3.63) is 10.6 Å². The largest absolute Gasteiger partial charge is 0.301 e. The number of unbranched alkanes of at least 4 members (excludes halogenated alkanes) is 2. The summed E-state index contributed by atoms with van der Waals surface area (Å²) in [6.45, 7) is 2.23. The zero-order valence-electron chi connectivity index (χ0n) is 10.7. The summed E-state index contributed by atoms with van der Waals surface area (Å²) in [4.78, 5) is 0. The number of aromatic amines is 1. The molecule has 1 aliphatic rings. The Morgan fingerprint density at radius 1 is 1.29 bits per heavy atom. The lowest BCUT2D eigenvalue weighted by molar-refractivity contribution is 0.342. The van der Waals surface area contributed by atoms with Crippen LogP contribution in [-0.4, -0.2) is 14.8 Å². The van der Waals surface area contributed by atoms with Crippen molar-refractivity contribution in [2.75, 3.05) is 0 Å². The summed E-state index contributed by atoms with van der Waals surface area (Å²) in [5.41, 5.74) is 0. The maximum absolute atomic E-state index is 5.38. The molecule has 0 unspecified atom stereocenters. The molecule has 0 aromatic carbocycles. The molecule has 4 heteroatoms. The van der Waals surface area contributed by atoms with E-state index in [0.717, 1.165) is 11.2 Å². The second-order valence-corrected chi connectivity index (χ2v) is 5.45. The van der Waals surface area contributed by atoms with Gasteiger partial charge in [0.1, 0.15) is 5.82 Å². The molecular weight excluding hydrogens is 230 g/mol. The van der Waals surface area contributed by atoms with E-state index in [0.29, 0.717) is 6.04 Å². The average molecular weight is 253 g/mol. The Labute approximate surface area is 109 Å². The van der Waals surface area contributed by atoms with Gasteiger partial charge in [0.2, 0.25) is 0 Å². The summed E-state index contributed by atoms with van der Waals surface area (Å²) >= 11 is 5.38. The van der Waals surface area contributed by atoms with Gasteiger partial charge in [-0.2, -0.15) is 5.10 Å². The van der Waals surface area contributed by atoms with E-state index in [1.165, 1.54) is 57.2 Å². The van der Waals surface area contributed by atoms with Gasteiger partial charge >= 0.3 is 0 Å². The summed E-state index contributed by atoms with van der Waals surface area (Å²) in [6, 6.07) is 0.603. The van der Waals surface area contributed by atoms with Gasteiger partial charge in [-0.05, 0) is 31.5 Å². The molecule has 96 valence electrons. The molecule has 0 radical (unpaired) electrons. The molecule has 0 saturated heterocycles. The fourth-order valence-electron chi connectivity index (χ4n) is 2.76. The van der Waals surface area contributed by atoms with Gasteiger partial charge < -0.3 is 4.57 Å². The van der Waals surface area contributed by atoms with Crippen molar-refractivity contribution in [1.82, 2.24) is 14.8 Å². The predicted molar refractivity (Wildman–Crippen MR) is 72.8 cm³/mol. The van der Waals surface area contributed by atoms with Crippen molar-refractivity contribution in [3.8, 4) is 0 Å². The number of hydrogen-bond donors (Lipinski definition) is 1. The van der Waals surface area contributed by atoms with E-state index >= 15 is 0 Å². The van der Waals surface area contributed by atoms with Gasteiger partial charge in [-0.3, -0.25) is 5.10 Å². The molecule has 0 amide bonds. The molecule has 0 aliphatic heterocycles. The van der Waals surface area contributed by atoms with Crippen LogP contribution >= 0.6 is 12.2 Å². The summed E-state index contributed by atoms with van der Waals surface area (Å²) < 4.78 is 3.12. The molecule has 1 aromatic heterocycles. The van der Waals surface area contributed by atoms with Crippen LogP contribution in [0.15, 0.2) is 0 Å². The van der Waals surface area contributed by atoms with Crippen molar-refractivity contribution in [1.29, 1.82) is 0 Å². The molecular formula is C13H23N3S. The fraction of sp³-hybridized carbons (Fsp3) is 0.846. The van der Waals surface area contributed by atoms with E-state index in [2.05, 4.69) is 21.7 Å². The molecule has 17 heavy (non-hydrogen) atoms. The first-order valence-corrected chi connectivity index (χ1v) is 7.39.